The molecular formula is C40H61NO13. The minimum absolute atomic E-state index is 0.0361. The molecule has 0 radical (unpaired) electrons. The highest BCUT2D eigenvalue weighted by molar-refractivity contribution is 5.79. The Kier molecular flexibility index (Phi) is 25.2. The predicted octanol–water partition coefficient (Wildman–Crippen LogP) is 4.36. The number of rotatable bonds is 34. The van der Waals surface area contributed by atoms with Gasteiger partial charge in [-0.2, -0.15) is 0 Å². The number of nitrogens with zero attached hydrogens (tertiary/aromatic N) is 1. The van der Waals surface area contributed by atoms with Gasteiger partial charge in [-0.1, -0.05) is 55.5 Å². The van der Waals surface area contributed by atoms with Gasteiger partial charge in [0.25, 0.3) is 0 Å². The lowest BCUT2D eigenvalue weighted by molar-refractivity contribution is -0.145. The normalized spacial score (nSPS) is 12.1. The molecule has 0 heterocycles. The Bertz CT molecular complexity index is 1220. The third-order valence-corrected chi connectivity index (χ3v) is 8.14. The van der Waals surface area contributed by atoms with Gasteiger partial charge in [-0.3, -0.25) is 4.79 Å². The molecule has 2 aromatic carbocycles. The molecule has 0 aliphatic heterocycles. The fourth-order valence-corrected chi connectivity index (χ4v) is 5.35. The quantitative estimate of drug-likeness (QED) is 0.0738. The Hall–Kier alpha value is -3.18. The first-order chi connectivity index (χ1) is 26.6. The van der Waals surface area contributed by atoms with Crippen molar-refractivity contribution in [2.24, 2.45) is 0 Å². The molecule has 3 rings (SSSR count). The number of carbonyl (C=O) groups is 2. The molecule has 0 atom stereocenters. The number of ether oxygens (including phenoxy) is 11. The van der Waals surface area contributed by atoms with E-state index in [2.05, 4.69) is 24.3 Å². The van der Waals surface area contributed by atoms with Crippen LogP contribution >= 0.6 is 0 Å². The first kappa shape index (κ1) is 45.2. The van der Waals surface area contributed by atoms with Crippen molar-refractivity contribution >= 4 is 12.1 Å². The Labute approximate surface area is 320 Å². The molecule has 0 fully saturated rings. The second kappa shape index (κ2) is 30.1. The van der Waals surface area contributed by atoms with Crippen LogP contribution in [0.4, 0.5) is 4.79 Å². The van der Waals surface area contributed by atoms with Crippen molar-refractivity contribution < 1.29 is 61.7 Å². The summed E-state index contributed by atoms with van der Waals surface area (Å²) in [4.78, 5) is 25.3. The highest BCUT2D eigenvalue weighted by Crippen LogP contribution is 2.44. The van der Waals surface area contributed by atoms with Gasteiger partial charge in [0, 0.05) is 25.9 Å². The van der Waals surface area contributed by atoms with Crippen LogP contribution in [0.3, 0.4) is 0 Å². The fourth-order valence-electron chi connectivity index (χ4n) is 5.35. The van der Waals surface area contributed by atoms with Gasteiger partial charge >= 0.3 is 12.1 Å². The standard InChI is InChI=1S/C40H61NO13/c1-3-8-39(42)53-32-31-52-30-29-51-28-27-50-26-25-49-24-23-48-22-21-47-20-19-46-18-17-45-16-15-44-14-13-41(2)40(43)54-33-38-36-11-6-4-9-34(36)35-10-5-7-12-37(35)38/h4-7,9-12,38H,3,8,13-33H2,1-2H3. The fraction of sp³-hybridized carbons (Fsp3) is 0.650. The topological polar surface area (TPSA) is 139 Å². The molecule has 0 N–H and O–H groups in total. The molecule has 14 nitrogen and oxygen atoms in total. The third kappa shape index (κ3) is 19.4. The van der Waals surface area contributed by atoms with E-state index in [4.69, 9.17) is 52.1 Å². The highest BCUT2D eigenvalue weighted by atomic mass is 16.6. The van der Waals surface area contributed by atoms with E-state index in [1.54, 1.807) is 7.05 Å². The van der Waals surface area contributed by atoms with Gasteiger partial charge in [0.1, 0.15) is 13.2 Å². The molecule has 54 heavy (non-hydrogen) atoms. The molecule has 14 heteroatoms. The van der Waals surface area contributed by atoms with Gasteiger partial charge in [0.2, 0.25) is 0 Å². The summed E-state index contributed by atoms with van der Waals surface area (Å²) in [5, 5.41) is 0. The molecule has 1 aliphatic carbocycles. The lowest BCUT2D eigenvalue weighted by Crippen LogP contribution is -2.32. The average molecular weight is 764 g/mol. The van der Waals surface area contributed by atoms with E-state index in [-0.39, 0.29) is 24.6 Å². The SMILES string of the molecule is CCCC(=O)OCCOCCOCCOCCOCCOCCOCCOCCOCCOCCN(C)C(=O)OCC1c2ccccc2-c2ccccc21. The van der Waals surface area contributed by atoms with Crippen LogP contribution in [-0.4, -0.2) is 163 Å². The molecule has 2 aromatic rings. The van der Waals surface area contributed by atoms with Crippen molar-refractivity contribution in [3.8, 4) is 11.1 Å². The van der Waals surface area contributed by atoms with Crippen molar-refractivity contribution in [3.63, 3.8) is 0 Å². The van der Waals surface area contributed by atoms with E-state index >= 15 is 0 Å². The summed E-state index contributed by atoms with van der Waals surface area (Å²) in [5.74, 6) is -0.156. The second-order valence-electron chi connectivity index (χ2n) is 12.2. The Morgan fingerprint density at radius 1 is 0.500 bits per heavy atom. The van der Waals surface area contributed by atoms with E-state index in [0.29, 0.717) is 138 Å². The minimum atomic E-state index is -0.367. The van der Waals surface area contributed by atoms with Crippen LogP contribution in [0.5, 0.6) is 0 Å². The van der Waals surface area contributed by atoms with Gasteiger partial charge in [0.15, 0.2) is 0 Å². The average Bonchev–Trinajstić information content (AvgIpc) is 3.51. The number of hydrogen-bond acceptors (Lipinski definition) is 13. The molecule has 0 aromatic heterocycles. The van der Waals surface area contributed by atoms with Crippen molar-refractivity contribution in [2.45, 2.75) is 25.7 Å². The van der Waals surface area contributed by atoms with Crippen LogP contribution in [0.25, 0.3) is 11.1 Å². The zero-order valence-corrected chi connectivity index (χ0v) is 32.2. The van der Waals surface area contributed by atoms with Crippen LogP contribution in [0.1, 0.15) is 36.8 Å². The van der Waals surface area contributed by atoms with Crippen molar-refractivity contribution in [1.82, 2.24) is 4.90 Å². The minimum Gasteiger partial charge on any atom is -0.463 e. The molecule has 0 saturated carbocycles. The zero-order chi connectivity index (χ0) is 38.3. The molecular weight excluding hydrogens is 702 g/mol. The first-order valence-electron chi connectivity index (χ1n) is 19.0. The molecule has 0 unspecified atom stereocenters. The maximum atomic E-state index is 12.6. The number of carbonyl (C=O) groups excluding carboxylic acids is 2. The molecule has 0 saturated heterocycles. The molecule has 0 bridgehead atoms. The van der Waals surface area contributed by atoms with E-state index < -0.39 is 0 Å². The van der Waals surface area contributed by atoms with Gasteiger partial charge in [-0.15, -0.1) is 0 Å². The Balaban J connectivity index is 0.979. The summed E-state index contributed by atoms with van der Waals surface area (Å²) in [6.07, 6.45) is 0.851. The van der Waals surface area contributed by atoms with Crippen LogP contribution in [-0.2, 0) is 56.9 Å². The van der Waals surface area contributed by atoms with E-state index in [0.717, 1.165) is 6.42 Å². The van der Waals surface area contributed by atoms with Crippen LogP contribution in [0.2, 0.25) is 0 Å². The largest absolute Gasteiger partial charge is 0.463 e. The van der Waals surface area contributed by atoms with Gasteiger partial charge in [-0.05, 0) is 28.7 Å². The number of esters is 1. The lowest BCUT2D eigenvalue weighted by Gasteiger charge is -2.19. The van der Waals surface area contributed by atoms with Crippen LogP contribution in [0, 0.1) is 0 Å². The summed E-state index contributed by atoms with van der Waals surface area (Å²) >= 11 is 0. The van der Waals surface area contributed by atoms with Crippen LogP contribution < -0.4 is 0 Å². The van der Waals surface area contributed by atoms with Gasteiger partial charge in [-0.25, -0.2) is 4.79 Å². The maximum absolute atomic E-state index is 12.6. The molecule has 0 spiro atoms. The van der Waals surface area contributed by atoms with E-state index in [9.17, 15) is 9.59 Å². The van der Waals surface area contributed by atoms with E-state index in [1.807, 2.05) is 31.2 Å². The summed E-state index contributed by atoms with van der Waals surface area (Å²) in [5.41, 5.74) is 4.79. The van der Waals surface area contributed by atoms with Crippen molar-refractivity contribution in [2.75, 3.05) is 146 Å². The maximum Gasteiger partial charge on any atom is 0.409 e. The monoisotopic (exact) mass is 763 g/mol. The van der Waals surface area contributed by atoms with Gasteiger partial charge in [0.05, 0.1) is 119 Å². The summed E-state index contributed by atoms with van der Waals surface area (Å²) in [7, 11) is 1.71. The number of benzene rings is 2. The number of amides is 1. The van der Waals surface area contributed by atoms with Gasteiger partial charge < -0.3 is 57.0 Å². The molecule has 304 valence electrons. The molecule has 1 aliphatic rings. The summed E-state index contributed by atoms with van der Waals surface area (Å²) in [6, 6.07) is 16.6. The lowest BCUT2D eigenvalue weighted by atomic mass is 9.98. The smallest absolute Gasteiger partial charge is 0.409 e. The zero-order valence-electron chi connectivity index (χ0n) is 32.2. The first-order valence-corrected chi connectivity index (χ1v) is 19.0. The Morgan fingerprint density at radius 3 is 1.24 bits per heavy atom. The van der Waals surface area contributed by atoms with Crippen LogP contribution in [0.15, 0.2) is 48.5 Å². The summed E-state index contributed by atoms with van der Waals surface area (Å²) in [6.45, 7) is 11.2. The van der Waals surface area contributed by atoms with Crippen molar-refractivity contribution in [3.05, 3.63) is 59.7 Å². The van der Waals surface area contributed by atoms with E-state index in [1.165, 1.54) is 27.2 Å². The predicted molar refractivity (Wildman–Crippen MR) is 201 cm³/mol. The summed E-state index contributed by atoms with van der Waals surface area (Å²) < 4.78 is 60.0. The molecule has 1 amide bonds. The highest BCUT2D eigenvalue weighted by Gasteiger charge is 2.29. The third-order valence-electron chi connectivity index (χ3n) is 8.14. The number of fused-ring (bicyclic) bond motifs is 3. The number of hydrogen-bond donors (Lipinski definition) is 0. The second-order valence-corrected chi connectivity index (χ2v) is 12.2. The van der Waals surface area contributed by atoms with Crippen molar-refractivity contribution in [1.29, 1.82) is 0 Å². The Morgan fingerprint density at radius 2 is 0.852 bits per heavy atom. The number of likely N-dealkylation sites (N-methyl/N-ethyl adjacent to an activating group) is 1.